The van der Waals surface area contributed by atoms with Gasteiger partial charge in [0.2, 0.25) is 0 Å². The number of aryl methyl sites for hydroxylation is 1. The molecule has 0 aliphatic heterocycles. The second-order valence-corrected chi connectivity index (χ2v) is 7.50. The van der Waals surface area contributed by atoms with Gasteiger partial charge in [0, 0.05) is 31.6 Å². The lowest BCUT2D eigenvalue weighted by Gasteiger charge is -2.14. The fourth-order valence-electron chi connectivity index (χ4n) is 2.71. The zero-order chi connectivity index (χ0) is 18.9. The molecule has 4 nitrogen and oxygen atoms in total. The van der Waals surface area contributed by atoms with Crippen molar-refractivity contribution >= 4 is 17.7 Å². The molecule has 0 heterocycles. The van der Waals surface area contributed by atoms with Gasteiger partial charge < -0.3 is 15.5 Å². The molecule has 0 aliphatic rings. The Morgan fingerprint density at radius 3 is 2.27 bits per heavy atom. The number of thioether (sulfide) groups is 1. The van der Waals surface area contributed by atoms with Gasteiger partial charge in [0.25, 0.3) is 0 Å². The van der Waals surface area contributed by atoms with Crippen LogP contribution < -0.4 is 10.6 Å². The maximum Gasteiger partial charge on any atom is 0.191 e. The van der Waals surface area contributed by atoms with Gasteiger partial charge >= 0.3 is 0 Å². The molecule has 2 aromatic rings. The van der Waals surface area contributed by atoms with Crippen LogP contribution in [0.4, 0.5) is 0 Å². The number of hydrogen-bond acceptors (Lipinski definition) is 3. The summed E-state index contributed by atoms with van der Waals surface area (Å²) in [7, 11) is 5.98. The van der Waals surface area contributed by atoms with Crippen molar-refractivity contribution in [1.82, 2.24) is 15.5 Å². The monoisotopic (exact) mass is 370 g/mol. The van der Waals surface area contributed by atoms with Gasteiger partial charge in [-0.05, 0) is 55.6 Å². The van der Waals surface area contributed by atoms with E-state index in [0.29, 0.717) is 0 Å². The van der Waals surface area contributed by atoms with E-state index in [0.717, 1.165) is 25.6 Å². The van der Waals surface area contributed by atoms with Gasteiger partial charge in [-0.1, -0.05) is 36.4 Å². The van der Waals surface area contributed by atoms with Crippen molar-refractivity contribution < 1.29 is 0 Å². The molecular formula is C21H30N4S. The van der Waals surface area contributed by atoms with Crippen molar-refractivity contribution in [2.45, 2.75) is 31.5 Å². The molecule has 0 spiro atoms. The van der Waals surface area contributed by atoms with Crippen LogP contribution >= 0.6 is 11.8 Å². The summed E-state index contributed by atoms with van der Waals surface area (Å²) in [5, 5.41) is 6.79. The van der Waals surface area contributed by atoms with E-state index in [-0.39, 0.29) is 0 Å². The Morgan fingerprint density at radius 1 is 1.00 bits per heavy atom. The third kappa shape index (κ3) is 6.39. The predicted octanol–water partition coefficient (Wildman–Crippen LogP) is 3.64. The van der Waals surface area contributed by atoms with Crippen molar-refractivity contribution in [3.8, 4) is 0 Å². The fraction of sp³-hybridized carbons (Fsp3) is 0.381. The standard InChI is InChI=1S/C21H30N4S/c1-16-6-11-19(20(12-16)26-5)14-24-21(22-2)23-13-17-7-9-18(10-8-17)15-25(3)4/h6-12H,13-15H2,1-5H3,(H2,22,23,24). The van der Waals surface area contributed by atoms with Gasteiger partial charge in [-0.3, -0.25) is 4.99 Å². The Balaban J connectivity index is 1.88. The lowest BCUT2D eigenvalue weighted by atomic mass is 10.1. The van der Waals surface area contributed by atoms with Crippen LogP contribution in [0.2, 0.25) is 0 Å². The summed E-state index contributed by atoms with van der Waals surface area (Å²) in [6.45, 7) is 4.61. The lowest BCUT2D eigenvalue weighted by Crippen LogP contribution is -2.36. The van der Waals surface area contributed by atoms with Crippen LogP contribution in [0.3, 0.4) is 0 Å². The van der Waals surface area contributed by atoms with Crippen LogP contribution in [0.15, 0.2) is 52.4 Å². The molecule has 2 rings (SSSR count). The molecule has 0 saturated heterocycles. The van der Waals surface area contributed by atoms with E-state index in [1.807, 2.05) is 0 Å². The van der Waals surface area contributed by atoms with Crippen LogP contribution in [0, 0.1) is 6.92 Å². The van der Waals surface area contributed by atoms with E-state index in [9.17, 15) is 0 Å². The molecule has 0 aliphatic carbocycles. The third-order valence-corrected chi connectivity index (χ3v) is 4.91. The Hall–Kier alpha value is -1.98. The van der Waals surface area contributed by atoms with Gasteiger partial charge in [0.15, 0.2) is 5.96 Å². The molecule has 26 heavy (non-hydrogen) atoms. The summed E-state index contributed by atoms with van der Waals surface area (Å²) < 4.78 is 0. The Bertz CT molecular complexity index is 723. The molecular weight excluding hydrogens is 340 g/mol. The molecule has 0 aromatic heterocycles. The highest BCUT2D eigenvalue weighted by atomic mass is 32.2. The minimum Gasteiger partial charge on any atom is -0.352 e. The van der Waals surface area contributed by atoms with E-state index >= 15 is 0 Å². The van der Waals surface area contributed by atoms with Crippen molar-refractivity contribution in [2.75, 3.05) is 27.4 Å². The number of nitrogens with zero attached hydrogens (tertiary/aromatic N) is 2. The molecule has 0 bridgehead atoms. The van der Waals surface area contributed by atoms with E-state index in [1.165, 1.54) is 27.1 Å². The van der Waals surface area contributed by atoms with Crippen LogP contribution in [-0.2, 0) is 19.6 Å². The van der Waals surface area contributed by atoms with Crippen LogP contribution in [-0.4, -0.2) is 38.3 Å². The first kappa shape index (κ1) is 20.3. The largest absolute Gasteiger partial charge is 0.352 e. The maximum absolute atomic E-state index is 4.33. The molecule has 0 atom stereocenters. The highest BCUT2D eigenvalue weighted by molar-refractivity contribution is 7.98. The van der Waals surface area contributed by atoms with Gasteiger partial charge in [0.1, 0.15) is 0 Å². The number of guanidine groups is 1. The normalized spacial score (nSPS) is 11.7. The Kier molecular flexibility index (Phi) is 8.01. The molecule has 2 N–H and O–H groups in total. The fourth-order valence-corrected chi connectivity index (χ4v) is 3.42. The van der Waals surface area contributed by atoms with E-state index in [1.54, 1.807) is 18.8 Å². The maximum atomic E-state index is 4.33. The number of nitrogens with one attached hydrogen (secondary N) is 2. The summed E-state index contributed by atoms with van der Waals surface area (Å²) in [5.41, 5.74) is 5.15. The number of rotatable bonds is 7. The number of benzene rings is 2. The highest BCUT2D eigenvalue weighted by Crippen LogP contribution is 2.21. The summed E-state index contributed by atoms with van der Waals surface area (Å²) in [6.07, 6.45) is 2.12. The minimum absolute atomic E-state index is 0.755. The Labute approximate surface area is 162 Å². The summed E-state index contributed by atoms with van der Waals surface area (Å²) in [6, 6.07) is 15.3. The van der Waals surface area contributed by atoms with Gasteiger partial charge in [-0.25, -0.2) is 0 Å². The van der Waals surface area contributed by atoms with Crippen molar-refractivity contribution in [1.29, 1.82) is 0 Å². The highest BCUT2D eigenvalue weighted by Gasteiger charge is 2.04. The first-order valence-electron chi connectivity index (χ1n) is 8.82. The van der Waals surface area contributed by atoms with E-state index in [2.05, 4.69) is 90.3 Å². The SMILES string of the molecule is CN=C(NCc1ccc(CN(C)C)cc1)NCc1ccc(C)cc1SC. The average Bonchev–Trinajstić information content (AvgIpc) is 2.63. The quantitative estimate of drug-likeness (QED) is 0.443. The molecule has 0 unspecified atom stereocenters. The van der Waals surface area contributed by atoms with E-state index in [4.69, 9.17) is 0 Å². The summed E-state index contributed by atoms with van der Waals surface area (Å²) in [5.74, 6) is 0.815. The van der Waals surface area contributed by atoms with Crippen molar-refractivity contribution in [3.63, 3.8) is 0 Å². The van der Waals surface area contributed by atoms with Crippen LogP contribution in [0.1, 0.15) is 22.3 Å². The van der Waals surface area contributed by atoms with Gasteiger partial charge in [-0.15, -0.1) is 11.8 Å². The zero-order valence-electron chi connectivity index (χ0n) is 16.5. The van der Waals surface area contributed by atoms with Crippen molar-refractivity contribution in [3.05, 3.63) is 64.7 Å². The average molecular weight is 371 g/mol. The minimum atomic E-state index is 0.755. The van der Waals surface area contributed by atoms with E-state index < -0.39 is 0 Å². The molecule has 0 amide bonds. The van der Waals surface area contributed by atoms with Crippen molar-refractivity contribution in [2.24, 2.45) is 4.99 Å². The predicted molar refractivity (Wildman–Crippen MR) is 114 cm³/mol. The van der Waals surface area contributed by atoms with Crippen LogP contribution in [0.5, 0.6) is 0 Å². The second kappa shape index (κ2) is 10.2. The van der Waals surface area contributed by atoms with Gasteiger partial charge in [-0.2, -0.15) is 0 Å². The summed E-state index contributed by atoms with van der Waals surface area (Å²) >= 11 is 1.78. The molecule has 0 saturated carbocycles. The number of aliphatic imine (C=N–C) groups is 1. The molecule has 0 radical (unpaired) electrons. The second-order valence-electron chi connectivity index (χ2n) is 6.65. The van der Waals surface area contributed by atoms with Gasteiger partial charge in [0.05, 0.1) is 0 Å². The third-order valence-electron chi connectivity index (χ3n) is 4.09. The zero-order valence-corrected chi connectivity index (χ0v) is 17.3. The summed E-state index contributed by atoms with van der Waals surface area (Å²) in [4.78, 5) is 7.81. The molecule has 2 aromatic carbocycles. The number of hydrogen-bond donors (Lipinski definition) is 2. The first-order chi connectivity index (χ1) is 12.5. The molecule has 140 valence electrons. The Morgan fingerprint density at radius 2 is 1.65 bits per heavy atom. The molecule has 0 fully saturated rings. The smallest absolute Gasteiger partial charge is 0.191 e. The van der Waals surface area contributed by atoms with Crippen LogP contribution in [0.25, 0.3) is 0 Å². The molecule has 5 heteroatoms. The lowest BCUT2D eigenvalue weighted by molar-refractivity contribution is 0.402. The topological polar surface area (TPSA) is 39.7 Å². The first-order valence-corrected chi connectivity index (χ1v) is 10.0.